The van der Waals surface area contributed by atoms with E-state index in [-0.39, 0.29) is 0 Å². The van der Waals surface area contributed by atoms with Gasteiger partial charge in [-0.1, -0.05) is 67.9 Å². The monoisotopic (exact) mass is 394 g/mol. The molecule has 3 nitrogen and oxygen atoms in total. The Morgan fingerprint density at radius 2 is 1.30 bits per heavy atom. The summed E-state index contributed by atoms with van der Waals surface area (Å²) >= 11 is 0. The number of aromatic nitrogens is 2. The van der Waals surface area contributed by atoms with Crippen LogP contribution in [0.3, 0.4) is 0 Å². The van der Waals surface area contributed by atoms with Crippen LogP contribution in [0.5, 0.6) is 5.75 Å². The number of unbranched alkanes of at least 4 members (excludes halogenated alkanes) is 1. The van der Waals surface area contributed by atoms with E-state index in [0.29, 0.717) is 0 Å². The molecule has 0 amide bonds. The van der Waals surface area contributed by atoms with Gasteiger partial charge in [0.05, 0.1) is 18.5 Å². The van der Waals surface area contributed by atoms with Crippen molar-refractivity contribution >= 4 is 0 Å². The predicted octanol–water partition coefficient (Wildman–Crippen LogP) is 6.83. The summed E-state index contributed by atoms with van der Waals surface area (Å²) in [7, 11) is 1.68. The zero-order chi connectivity index (χ0) is 20.8. The van der Waals surface area contributed by atoms with Crippen LogP contribution >= 0.6 is 0 Å². The summed E-state index contributed by atoms with van der Waals surface area (Å²) in [5.41, 5.74) is 6.32. The van der Waals surface area contributed by atoms with Crippen molar-refractivity contribution in [3.63, 3.8) is 0 Å². The summed E-state index contributed by atoms with van der Waals surface area (Å²) in [5, 5.41) is 0. The second-order valence-electron chi connectivity index (χ2n) is 7.36. The number of benzene rings is 3. The molecule has 0 N–H and O–H groups in total. The zero-order valence-corrected chi connectivity index (χ0v) is 17.5. The van der Waals surface area contributed by atoms with Crippen molar-refractivity contribution in [3.8, 4) is 39.7 Å². The molecule has 0 saturated carbocycles. The van der Waals surface area contributed by atoms with Gasteiger partial charge in [0, 0.05) is 16.7 Å². The zero-order valence-electron chi connectivity index (χ0n) is 17.5. The number of methoxy groups -OCH3 is 1. The Hall–Kier alpha value is -3.46. The number of aryl methyl sites for hydroxylation is 1. The maximum atomic E-state index is 5.30. The van der Waals surface area contributed by atoms with E-state index < -0.39 is 0 Å². The first kappa shape index (κ1) is 19.8. The van der Waals surface area contributed by atoms with Crippen molar-refractivity contribution in [3.05, 3.63) is 90.5 Å². The highest BCUT2D eigenvalue weighted by Crippen LogP contribution is 2.28. The first-order chi connectivity index (χ1) is 14.8. The van der Waals surface area contributed by atoms with Crippen LogP contribution in [0.1, 0.15) is 25.3 Å². The Bertz CT molecular complexity index is 1090. The summed E-state index contributed by atoms with van der Waals surface area (Å²) < 4.78 is 5.30. The molecule has 0 unspecified atom stereocenters. The van der Waals surface area contributed by atoms with E-state index in [9.17, 15) is 0 Å². The summed E-state index contributed by atoms with van der Waals surface area (Å²) in [6.45, 7) is 2.22. The minimum absolute atomic E-state index is 0.740. The molecule has 0 radical (unpaired) electrons. The van der Waals surface area contributed by atoms with Crippen LogP contribution in [-0.2, 0) is 6.42 Å². The third-order valence-electron chi connectivity index (χ3n) is 5.21. The fraction of sp³-hybridized carbons (Fsp3) is 0.185. The minimum atomic E-state index is 0.740. The van der Waals surface area contributed by atoms with E-state index in [1.807, 2.05) is 42.5 Å². The Morgan fingerprint density at radius 1 is 0.700 bits per heavy atom. The highest BCUT2D eigenvalue weighted by Gasteiger charge is 2.11. The molecule has 0 aliphatic carbocycles. The van der Waals surface area contributed by atoms with Crippen molar-refractivity contribution in [1.29, 1.82) is 0 Å². The molecule has 0 bridgehead atoms. The summed E-state index contributed by atoms with van der Waals surface area (Å²) in [4.78, 5) is 9.78. The maximum absolute atomic E-state index is 5.30. The second-order valence-corrected chi connectivity index (χ2v) is 7.36. The standard InChI is InChI=1S/C27H26N2O/c1-3-4-8-20-11-13-23(14-12-20)27-28-25(21-9-6-5-7-10-21)19-26(29-27)22-15-17-24(30-2)18-16-22/h5-7,9-19H,3-4,8H2,1-2H3. The van der Waals surface area contributed by atoms with Crippen LogP contribution in [0.15, 0.2) is 84.9 Å². The molecule has 0 spiro atoms. The van der Waals surface area contributed by atoms with Gasteiger partial charge in [0.25, 0.3) is 0 Å². The first-order valence-corrected chi connectivity index (χ1v) is 10.4. The van der Waals surface area contributed by atoms with Gasteiger partial charge < -0.3 is 4.74 Å². The average Bonchev–Trinajstić information content (AvgIpc) is 2.83. The van der Waals surface area contributed by atoms with Gasteiger partial charge in [-0.25, -0.2) is 9.97 Å². The molecule has 4 rings (SSSR count). The van der Waals surface area contributed by atoms with E-state index in [1.165, 1.54) is 18.4 Å². The van der Waals surface area contributed by atoms with Gasteiger partial charge in [0.1, 0.15) is 5.75 Å². The van der Waals surface area contributed by atoms with Crippen LogP contribution in [0.4, 0.5) is 0 Å². The summed E-state index contributed by atoms with van der Waals surface area (Å²) in [6.07, 6.45) is 3.52. The highest BCUT2D eigenvalue weighted by atomic mass is 16.5. The van der Waals surface area contributed by atoms with Crippen LogP contribution in [0.25, 0.3) is 33.9 Å². The first-order valence-electron chi connectivity index (χ1n) is 10.4. The van der Waals surface area contributed by atoms with E-state index >= 15 is 0 Å². The Labute approximate surface area is 178 Å². The van der Waals surface area contributed by atoms with Crippen LogP contribution in [-0.4, -0.2) is 17.1 Å². The second kappa shape index (κ2) is 9.36. The van der Waals surface area contributed by atoms with E-state index in [1.54, 1.807) is 7.11 Å². The van der Waals surface area contributed by atoms with Gasteiger partial charge in [0.15, 0.2) is 5.82 Å². The topological polar surface area (TPSA) is 35.0 Å². The average molecular weight is 395 g/mol. The predicted molar refractivity (Wildman–Crippen MR) is 124 cm³/mol. The van der Waals surface area contributed by atoms with Crippen molar-refractivity contribution in [1.82, 2.24) is 9.97 Å². The molecular weight excluding hydrogens is 368 g/mol. The SMILES string of the molecule is CCCCc1ccc(-c2nc(-c3ccccc3)cc(-c3ccc(OC)cc3)n2)cc1. The third-order valence-corrected chi connectivity index (χ3v) is 5.21. The molecule has 0 saturated heterocycles. The molecule has 1 aromatic heterocycles. The Balaban J connectivity index is 1.77. The molecule has 0 atom stereocenters. The molecule has 150 valence electrons. The van der Waals surface area contributed by atoms with Gasteiger partial charge in [-0.05, 0) is 48.7 Å². The van der Waals surface area contributed by atoms with E-state index in [0.717, 1.165) is 46.1 Å². The molecule has 3 heteroatoms. The number of nitrogens with zero attached hydrogens (tertiary/aromatic N) is 2. The smallest absolute Gasteiger partial charge is 0.160 e. The van der Waals surface area contributed by atoms with Crippen molar-refractivity contribution < 1.29 is 4.74 Å². The van der Waals surface area contributed by atoms with Crippen LogP contribution in [0.2, 0.25) is 0 Å². The van der Waals surface area contributed by atoms with Crippen molar-refractivity contribution in [2.75, 3.05) is 7.11 Å². The molecule has 0 aliphatic rings. The van der Waals surface area contributed by atoms with Crippen LogP contribution in [0, 0.1) is 0 Å². The Kier molecular flexibility index (Phi) is 6.19. The molecule has 0 fully saturated rings. The van der Waals surface area contributed by atoms with Gasteiger partial charge in [0.2, 0.25) is 0 Å². The highest BCUT2D eigenvalue weighted by molar-refractivity contribution is 5.72. The molecule has 30 heavy (non-hydrogen) atoms. The quantitative estimate of drug-likeness (QED) is 0.345. The minimum Gasteiger partial charge on any atom is -0.497 e. The molecule has 4 aromatic rings. The fourth-order valence-electron chi connectivity index (χ4n) is 3.44. The van der Waals surface area contributed by atoms with Gasteiger partial charge in [-0.3, -0.25) is 0 Å². The lowest BCUT2D eigenvalue weighted by atomic mass is 10.0. The fourth-order valence-corrected chi connectivity index (χ4v) is 3.44. The normalized spacial score (nSPS) is 10.7. The van der Waals surface area contributed by atoms with Gasteiger partial charge in [-0.2, -0.15) is 0 Å². The summed E-state index contributed by atoms with van der Waals surface area (Å²) in [6, 6.07) is 28.9. The maximum Gasteiger partial charge on any atom is 0.160 e. The van der Waals surface area contributed by atoms with E-state index in [2.05, 4.69) is 49.4 Å². The Morgan fingerprint density at radius 3 is 1.90 bits per heavy atom. The third kappa shape index (κ3) is 4.57. The summed E-state index contributed by atoms with van der Waals surface area (Å²) in [5.74, 6) is 1.57. The van der Waals surface area contributed by atoms with Crippen molar-refractivity contribution in [2.45, 2.75) is 26.2 Å². The van der Waals surface area contributed by atoms with E-state index in [4.69, 9.17) is 14.7 Å². The number of rotatable bonds is 7. The lowest BCUT2D eigenvalue weighted by Gasteiger charge is -2.10. The lowest BCUT2D eigenvalue weighted by molar-refractivity contribution is 0.415. The van der Waals surface area contributed by atoms with Gasteiger partial charge in [-0.15, -0.1) is 0 Å². The number of ether oxygens (including phenoxy) is 1. The molecule has 0 aliphatic heterocycles. The number of hydrogen-bond acceptors (Lipinski definition) is 3. The molecular formula is C27H26N2O. The lowest BCUT2D eigenvalue weighted by Crippen LogP contribution is -1.96. The molecule has 3 aromatic carbocycles. The van der Waals surface area contributed by atoms with Crippen molar-refractivity contribution in [2.24, 2.45) is 0 Å². The number of hydrogen-bond donors (Lipinski definition) is 0. The van der Waals surface area contributed by atoms with Crippen LogP contribution < -0.4 is 4.74 Å². The van der Waals surface area contributed by atoms with Gasteiger partial charge >= 0.3 is 0 Å². The largest absolute Gasteiger partial charge is 0.497 e. The molecule has 1 heterocycles.